The number of rotatable bonds is 9. The number of nitrogens with two attached hydrogens (primary N) is 1. The molecule has 0 aromatic carbocycles. The van der Waals surface area contributed by atoms with Crippen LogP contribution in [0.2, 0.25) is 0 Å². The van der Waals surface area contributed by atoms with E-state index in [1.54, 1.807) is 18.0 Å². The normalized spacial score (nSPS) is 12.8. The van der Waals surface area contributed by atoms with Gasteiger partial charge in [0, 0.05) is 18.4 Å². The predicted octanol–water partition coefficient (Wildman–Crippen LogP) is 1.57. The largest absolute Gasteiger partial charge is 0.396 e. The third kappa shape index (κ3) is 6.85. The molecule has 23 heavy (non-hydrogen) atoms. The fourth-order valence-electron chi connectivity index (χ4n) is 2.08. The van der Waals surface area contributed by atoms with E-state index in [0.29, 0.717) is 24.6 Å². The van der Waals surface area contributed by atoms with Crippen molar-refractivity contribution in [1.29, 1.82) is 0 Å². The molecule has 0 saturated carbocycles. The average Bonchev–Trinajstić information content (AvgIpc) is 2.50. The highest BCUT2D eigenvalue weighted by molar-refractivity contribution is 7.98. The molecule has 0 aliphatic heterocycles. The van der Waals surface area contributed by atoms with Crippen LogP contribution in [0.15, 0.2) is 6.20 Å². The summed E-state index contributed by atoms with van der Waals surface area (Å²) in [6.45, 7) is 6.34. The molecular weight excluding hydrogens is 336 g/mol. The Morgan fingerprint density at radius 3 is 2.78 bits per heavy atom. The number of carbonyl (C=O) groups is 1. The molecule has 1 unspecified atom stereocenters. The molecule has 1 amide bonds. The van der Waals surface area contributed by atoms with E-state index in [1.165, 1.54) is 11.4 Å². The summed E-state index contributed by atoms with van der Waals surface area (Å²) in [6, 6.07) is -0.0569. The minimum atomic E-state index is -0.0569. The van der Waals surface area contributed by atoms with Gasteiger partial charge in [0.1, 0.15) is 11.6 Å². The highest BCUT2D eigenvalue weighted by atomic mass is 35.5. The molecule has 0 radical (unpaired) electrons. The van der Waals surface area contributed by atoms with Gasteiger partial charge in [0.05, 0.1) is 12.6 Å². The van der Waals surface area contributed by atoms with Crippen LogP contribution in [0.4, 0.5) is 5.82 Å². The molecule has 0 saturated heterocycles. The lowest BCUT2D eigenvalue weighted by atomic mass is 10.1. The smallest absolute Gasteiger partial charge is 0.210 e. The summed E-state index contributed by atoms with van der Waals surface area (Å²) in [5, 5.41) is 9.23. The molecule has 1 aromatic heterocycles. The van der Waals surface area contributed by atoms with Gasteiger partial charge in [0.25, 0.3) is 0 Å². The van der Waals surface area contributed by atoms with Gasteiger partial charge in [0.2, 0.25) is 6.41 Å². The molecule has 0 fully saturated rings. The van der Waals surface area contributed by atoms with Crippen LogP contribution >= 0.6 is 23.8 Å². The van der Waals surface area contributed by atoms with Crippen LogP contribution in [0.5, 0.6) is 0 Å². The number of amides is 1. The molecule has 1 rings (SSSR count). The summed E-state index contributed by atoms with van der Waals surface area (Å²) < 4.78 is 0. The van der Waals surface area contributed by atoms with Gasteiger partial charge in [-0.3, -0.25) is 4.79 Å². The number of anilines is 1. The van der Waals surface area contributed by atoms with Gasteiger partial charge in [-0.2, -0.15) is 11.4 Å². The van der Waals surface area contributed by atoms with E-state index in [9.17, 15) is 9.90 Å². The molecule has 132 valence electrons. The van der Waals surface area contributed by atoms with Crippen molar-refractivity contribution in [2.75, 3.05) is 18.1 Å². The molecule has 0 aliphatic rings. The number of thiol groups is 1. The van der Waals surface area contributed by atoms with Crippen LogP contribution < -0.4 is 5.73 Å². The maximum absolute atomic E-state index is 11.5. The Morgan fingerprint density at radius 2 is 2.26 bits per heavy atom. The first-order valence-corrected chi connectivity index (χ1v) is 8.54. The van der Waals surface area contributed by atoms with Crippen LogP contribution in [0.1, 0.15) is 38.1 Å². The Bertz CT molecular complexity index is 528. The third-order valence-corrected chi connectivity index (χ3v) is 5.07. The summed E-state index contributed by atoms with van der Waals surface area (Å²) in [4.78, 5) is 22.6. The first-order valence-electron chi connectivity index (χ1n) is 7.46. The fraction of sp³-hybridized carbons (Fsp3) is 0.600. The van der Waals surface area contributed by atoms with Crippen molar-refractivity contribution in [2.45, 2.75) is 46.2 Å². The van der Waals surface area contributed by atoms with Crippen molar-refractivity contribution in [2.24, 2.45) is 0 Å². The SMILES string of the molecule is CCC/[SH]=C(/CCO)C(C)N(C=O)Cc1cnc(C)nc1N.Cl. The Hall–Kier alpha value is -1.18. The molecule has 0 spiro atoms. The Balaban J connectivity index is 0.00000484. The summed E-state index contributed by atoms with van der Waals surface area (Å²) in [7, 11) is 0. The summed E-state index contributed by atoms with van der Waals surface area (Å²) in [5.41, 5.74) is 6.63. The first-order chi connectivity index (χ1) is 10.5. The number of aliphatic hydroxyl groups is 1. The van der Waals surface area contributed by atoms with Crippen molar-refractivity contribution >= 4 is 40.9 Å². The van der Waals surface area contributed by atoms with E-state index in [1.807, 2.05) is 6.92 Å². The van der Waals surface area contributed by atoms with Crippen molar-refractivity contribution in [1.82, 2.24) is 14.9 Å². The van der Waals surface area contributed by atoms with Crippen LogP contribution in [0.25, 0.3) is 0 Å². The monoisotopic (exact) mass is 362 g/mol. The molecular formula is C15H27ClN4O2S. The number of aliphatic hydroxyl groups excluding tert-OH is 1. The number of nitrogen functional groups attached to an aromatic ring is 1. The van der Waals surface area contributed by atoms with Crippen molar-refractivity contribution in [3.05, 3.63) is 17.6 Å². The predicted molar refractivity (Wildman–Crippen MR) is 100 cm³/mol. The Kier molecular flexibility index (Phi) is 10.8. The molecule has 1 heterocycles. The highest BCUT2D eigenvalue weighted by Crippen LogP contribution is 2.15. The molecule has 1 atom stereocenters. The lowest BCUT2D eigenvalue weighted by Crippen LogP contribution is -2.37. The summed E-state index contributed by atoms with van der Waals surface area (Å²) in [6.07, 6.45) is 4.16. The minimum absolute atomic E-state index is 0. The van der Waals surface area contributed by atoms with Gasteiger partial charge < -0.3 is 15.7 Å². The van der Waals surface area contributed by atoms with Crippen LogP contribution in [-0.4, -0.2) is 49.7 Å². The third-order valence-electron chi connectivity index (χ3n) is 3.39. The summed E-state index contributed by atoms with van der Waals surface area (Å²) in [5.74, 6) is 2.05. The van der Waals surface area contributed by atoms with E-state index >= 15 is 0 Å². The molecule has 8 heteroatoms. The number of hydrogen-bond acceptors (Lipinski definition) is 5. The molecule has 0 aliphatic carbocycles. The second-order valence-electron chi connectivity index (χ2n) is 5.13. The lowest BCUT2D eigenvalue weighted by Gasteiger charge is -2.27. The summed E-state index contributed by atoms with van der Waals surface area (Å²) >= 11 is 1.18. The first kappa shape index (κ1) is 21.8. The van der Waals surface area contributed by atoms with Crippen LogP contribution in [0, 0.1) is 6.92 Å². The van der Waals surface area contributed by atoms with Gasteiger partial charge in [0.15, 0.2) is 0 Å². The number of aryl methyl sites for hydroxylation is 1. The maximum Gasteiger partial charge on any atom is 0.210 e. The zero-order chi connectivity index (χ0) is 16.5. The van der Waals surface area contributed by atoms with Gasteiger partial charge in [-0.1, -0.05) is 6.92 Å². The van der Waals surface area contributed by atoms with Crippen LogP contribution in [-0.2, 0) is 11.3 Å². The highest BCUT2D eigenvalue weighted by Gasteiger charge is 2.18. The molecule has 1 aromatic rings. The quantitative estimate of drug-likeness (QED) is 0.352. The van der Waals surface area contributed by atoms with Crippen molar-refractivity contribution in [3.63, 3.8) is 0 Å². The van der Waals surface area contributed by atoms with E-state index in [2.05, 4.69) is 16.9 Å². The zero-order valence-electron chi connectivity index (χ0n) is 13.9. The van der Waals surface area contributed by atoms with E-state index in [0.717, 1.165) is 29.0 Å². The van der Waals surface area contributed by atoms with Crippen molar-refractivity contribution < 1.29 is 9.90 Å². The van der Waals surface area contributed by atoms with E-state index in [-0.39, 0.29) is 25.1 Å². The second kappa shape index (κ2) is 11.4. The van der Waals surface area contributed by atoms with E-state index in [4.69, 9.17) is 5.73 Å². The molecule has 0 bridgehead atoms. The number of nitrogens with zero attached hydrogens (tertiary/aromatic N) is 3. The van der Waals surface area contributed by atoms with E-state index < -0.39 is 0 Å². The van der Waals surface area contributed by atoms with Gasteiger partial charge >= 0.3 is 0 Å². The van der Waals surface area contributed by atoms with Gasteiger partial charge in [-0.15, -0.1) is 12.4 Å². The minimum Gasteiger partial charge on any atom is -0.396 e. The zero-order valence-corrected chi connectivity index (χ0v) is 15.6. The average molecular weight is 363 g/mol. The van der Waals surface area contributed by atoms with Gasteiger partial charge in [-0.25, -0.2) is 9.97 Å². The number of aromatic nitrogens is 2. The second-order valence-corrected chi connectivity index (χ2v) is 6.47. The van der Waals surface area contributed by atoms with Crippen LogP contribution in [0.3, 0.4) is 0 Å². The van der Waals surface area contributed by atoms with Gasteiger partial charge in [-0.05, 0) is 37.3 Å². The lowest BCUT2D eigenvalue weighted by molar-refractivity contribution is -0.119. The fourth-order valence-corrected chi connectivity index (χ4v) is 3.26. The topological polar surface area (TPSA) is 92.3 Å². The molecule has 6 nitrogen and oxygen atoms in total. The Morgan fingerprint density at radius 1 is 1.57 bits per heavy atom. The number of halogens is 1. The standard InChI is InChI=1S/C15H26N4O2S.ClH/c1-4-7-22-14(5-6-20)11(2)19(10-21)9-13-8-17-12(3)18-15(13)16;/h8,10-11,20,22H,4-7,9H2,1-3H3,(H2,16,17,18);1H. The number of hydrogen-bond donors (Lipinski definition) is 3. The Labute approximate surface area is 147 Å². The van der Waals surface area contributed by atoms with Crippen molar-refractivity contribution in [3.8, 4) is 0 Å². The molecule has 3 N–H and O–H groups in total. The maximum atomic E-state index is 11.5. The number of carbonyl (C=O) groups excluding carboxylic acids is 1.